The van der Waals surface area contributed by atoms with Gasteiger partial charge in [-0.15, -0.1) is 3.89 Å². The minimum atomic E-state index is -4.55. The third-order valence-electron chi connectivity index (χ3n) is 5.19. The third-order valence-corrected chi connectivity index (χ3v) is 6.28. The Hall–Kier alpha value is -2.33. The van der Waals surface area contributed by atoms with Crippen LogP contribution in [-0.2, 0) is 16.6 Å². The van der Waals surface area contributed by atoms with Crippen molar-refractivity contribution in [2.45, 2.75) is 18.1 Å². The Balaban J connectivity index is 1.89. The van der Waals surface area contributed by atoms with Crippen molar-refractivity contribution in [3.63, 3.8) is 0 Å². The van der Waals surface area contributed by atoms with Gasteiger partial charge in [0.15, 0.2) is 5.25 Å². The van der Waals surface area contributed by atoms with Crippen LogP contribution in [0, 0.1) is 6.42 Å². The van der Waals surface area contributed by atoms with Gasteiger partial charge in [-0.1, -0.05) is 30.3 Å². The molecule has 0 saturated carbocycles. The highest BCUT2D eigenvalue weighted by Gasteiger charge is 2.37. The summed E-state index contributed by atoms with van der Waals surface area (Å²) in [6.07, 6.45) is 2.48. The first-order valence-electron chi connectivity index (χ1n) is 8.00. The third kappa shape index (κ3) is 1.86. The minimum Gasteiger partial charge on any atom is -0.193 e. The van der Waals surface area contributed by atoms with Crippen molar-refractivity contribution in [2.75, 3.05) is 0 Å². The maximum Gasteiger partial charge on any atom is 0.320 e. The summed E-state index contributed by atoms with van der Waals surface area (Å²) >= 11 is 0. The Labute approximate surface area is 139 Å². The normalized spacial score (nSPS) is 18.1. The van der Waals surface area contributed by atoms with E-state index in [-0.39, 0.29) is 0 Å². The number of hydrogen-bond acceptors (Lipinski definition) is 2. The molecule has 5 rings (SSSR count). The zero-order valence-electron chi connectivity index (χ0n) is 12.8. The SMILES string of the molecule is O=S(=O)(F)C1[CH+]c2c(cc3ccc4cccc5ccc2c3c45)CC1. The van der Waals surface area contributed by atoms with Crippen molar-refractivity contribution < 1.29 is 12.3 Å². The molecule has 0 heterocycles. The van der Waals surface area contributed by atoms with E-state index in [2.05, 4.69) is 36.4 Å². The van der Waals surface area contributed by atoms with Gasteiger partial charge in [0.2, 0.25) is 0 Å². The van der Waals surface area contributed by atoms with Crippen molar-refractivity contribution in [3.8, 4) is 0 Å². The average molecular weight is 337 g/mol. The summed E-state index contributed by atoms with van der Waals surface area (Å²) in [6, 6.07) is 16.7. The van der Waals surface area contributed by atoms with Crippen LogP contribution in [0.4, 0.5) is 3.89 Å². The monoisotopic (exact) mass is 337 g/mol. The lowest BCUT2D eigenvalue weighted by Gasteiger charge is -2.18. The van der Waals surface area contributed by atoms with Crippen LogP contribution in [0.5, 0.6) is 0 Å². The second-order valence-corrected chi connectivity index (χ2v) is 8.08. The molecule has 4 heteroatoms. The Morgan fingerprint density at radius 3 is 2.42 bits per heavy atom. The number of hydrogen-bond donors (Lipinski definition) is 0. The smallest absolute Gasteiger partial charge is 0.193 e. The second kappa shape index (κ2) is 4.61. The molecule has 4 aromatic rings. The molecule has 0 saturated heterocycles. The Bertz CT molecular complexity index is 1200. The molecule has 0 aromatic heterocycles. The number of rotatable bonds is 1. The quantitative estimate of drug-likeness (QED) is 0.285. The minimum absolute atomic E-state index is 0.305. The van der Waals surface area contributed by atoms with E-state index in [0.29, 0.717) is 12.8 Å². The lowest BCUT2D eigenvalue weighted by atomic mass is 9.83. The summed E-state index contributed by atoms with van der Waals surface area (Å²) < 4.78 is 36.2. The molecule has 2 nitrogen and oxygen atoms in total. The fourth-order valence-corrected chi connectivity index (χ4v) is 4.78. The summed E-state index contributed by atoms with van der Waals surface area (Å²) in [4.78, 5) is 0. The van der Waals surface area contributed by atoms with Crippen LogP contribution in [0.25, 0.3) is 32.3 Å². The van der Waals surface area contributed by atoms with Gasteiger partial charge in [-0.05, 0) is 23.3 Å². The van der Waals surface area contributed by atoms with Gasteiger partial charge in [0.25, 0.3) is 0 Å². The number of halogens is 1. The largest absolute Gasteiger partial charge is 0.320 e. The van der Waals surface area contributed by atoms with Gasteiger partial charge in [-0.3, -0.25) is 0 Å². The molecule has 0 radical (unpaired) electrons. The molecule has 1 aliphatic rings. The first kappa shape index (κ1) is 14.1. The van der Waals surface area contributed by atoms with Crippen LogP contribution in [0.3, 0.4) is 0 Å². The van der Waals surface area contributed by atoms with Gasteiger partial charge in [-0.2, -0.15) is 8.42 Å². The van der Waals surface area contributed by atoms with Gasteiger partial charge >= 0.3 is 10.2 Å². The van der Waals surface area contributed by atoms with E-state index >= 15 is 0 Å². The van der Waals surface area contributed by atoms with Crippen LogP contribution >= 0.6 is 0 Å². The van der Waals surface area contributed by atoms with Crippen LogP contribution < -0.4 is 0 Å². The van der Waals surface area contributed by atoms with Gasteiger partial charge < -0.3 is 0 Å². The Kier molecular flexibility index (Phi) is 2.70. The standard InChI is InChI=1S/C20H14FO2S/c21-24(22,23)16-8-6-14-10-15-5-4-12-2-1-3-13-7-9-17(18(14)11-16)20(15)19(12)13/h1-5,7,9-11,16H,6,8H2/q+1. The fourth-order valence-electron chi connectivity index (χ4n) is 4.08. The van der Waals surface area contributed by atoms with E-state index < -0.39 is 15.5 Å². The molecule has 0 aliphatic heterocycles. The molecule has 0 bridgehead atoms. The molecule has 1 unspecified atom stereocenters. The lowest BCUT2D eigenvalue weighted by Crippen LogP contribution is -2.24. The maximum atomic E-state index is 13.5. The van der Waals surface area contributed by atoms with Crippen LogP contribution in [0.2, 0.25) is 0 Å². The molecule has 118 valence electrons. The molecule has 0 N–H and O–H groups in total. The van der Waals surface area contributed by atoms with E-state index in [1.54, 1.807) is 6.42 Å². The number of benzene rings is 4. The second-order valence-electron chi connectivity index (χ2n) is 6.52. The number of aryl methyl sites for hydroxylation is 1. The molecule has 1 atom stereocenters. The van der Waals surface area contributed by atoms with Crippen LogP contribution in [0.15, 0.2) is 48.5 Å². The summed E-state index contributed by atoms with van der Waals surface area (Å²) in [7, 11) is -4.55. The number of fused-ring (bicyclic) bond motifs is 2. The lowest BCUT2D eigenvalue weighted by molar-refractivity contribution is 0.533. The topological polar surface area (TPSA) is 34.1 Å². The van der Waals surface area contributed by atoms with E-state index in [9.17, 15) is 12.3 Å². The van der Waals surface area contributed by atoms with Crippen molar-refractivity contribution in [3.05, 3.63) is 66.1 Å². The maximum absolute atomic E-state index is 13.5. The molecule has 0 fully saturated rings. The summed E-state index contributed by atoms with van der Waals surface area (Å²) in [5.74, 6) is 0. The molecule has 1 aliphatic carbocycles. The molecular formula is C20H14FO2S+. The molecule has 0 amide bonds. The van der Waals surface area contributed by atoms with Crippen LogP contribution in [0.1, 0.15) is 17.5 Å². The molecule has 4 aromatic carbocycles. The predicted molar refractivity (Wildman–Crippen MR) is 95.7 cm³/mol. The summed E-state index contributed by atoms with van der Waals surface area (Å²) in [6.45, 7) is 0. The van der Waals surface area contributed by atoms with E-state index in [1.165, 1.54) is 5.39 Å². The van der Waals surface area contributed by atoms with Crippen molar-refractivity contribution in [2.24, 2.45) is 0 Å². The summed E-state index contributed by atoms with van der Waals surface area (Å²) in [5, 5.41) is 5.78. The highest BCUT2D eigenvalue weighted by Crippen LogP contribution is 2.40. The predicted octanol–water partition coefficient (Wildman–Crippen LogP) is 4.75. The highest BCUT2D eigenvalue weighted by molar-refractivity contribution is 7.87. The average Bonchev–Trinajstić information content (AvgIpc) is 2.58. The molecule has 0 spiro atoms. The van der Waals surface area contributed by atoms with E-state index in [0.717, 1.165) is 38.1 Å². The zero-order valence-corrected chi connectivity index (χ0v) is 13.6. The van der Waals surface area contributed by atoms with Gasteiger partial charge in [0.1, 0.15) is 5.56 Å². The van der Waals surface area contributed by atoms with Crippen molar-refractivity contribution in [1.29, 1.82) is 0 Å². The van der Waals surface area contributed by atoms with Gasteiger partial charge in [0.05, 0.1) is 16.3 Å². The Morgan fingerprint density at radius 2 is 1.67 bits per heavy atom. The molecule has 24 heavy (non-hydrogen) atoms. The van der Waals surface area contributed by atoms with E-state index in [1.807, 2.05) is 12.1 Å². The highest BCUT2D eigenvalue weighted by atomic mass is 32.3. The van der Waals surface area contributed by atoms with Crippen molar-refractivity contribution in [1.82, 2.24) is 0 Å². The van der Waals surface area contributed by atoms with Crippen molar-refractivity contribution >= 4 is 42.5 Å². The Morgan fingerprint density at radius 1 is 0.958 bits per heavy atom. The summed E-state index contributed by atoms with van der Waals surface area (Å²) in [5.41, 5.74) is 1.97. The van der Waals surface area contributed by atoms with E-state index in [4.69, 9.17) is 0 Å². The zero-order chi connectivity index (χ0) is 16.5. The van der Waals surface area contributed by atoms with Gasteiger partial charge in [0, 0.05) is 35.7 Å². The van der Waals surface area contributed by atoms with Crippen LogP contribution in [-0.4, -0.2) is 13.7 Å². The first-order valence-corrected chi connectivity index (χ1v) is 9.45. The first-order chi connectivity index (χ1) is 11.5. The fraction of sp³-hybridized carbons (Fsp3) is 0.150. The van der Waals surface area contributed by atoms with Gasteiger partial charge in [-0.25, -0.2) is 0 Å². The molecular weight excluding hydrogens is 323 g/mol.